The van der Waals surface area contributed by atoms with Gasteiger partial charge in [0.2, 0.25) is 0 Å². The van der Waals surface area contributed by atoms with Gasteiger partial charge in [-0.25, -0.2) is 0 Å². The Morgan fingerprint density at radius 2 is 1.63 bits per heavy atom. The maximum absolute atomic E-state index is 12.2. The molecule has 0 aromatic heterocycles. The van der Waals surface area contributed by atoms with Crippen LogP contribution in [-0.2, 0) is 19.1 Å². The molecule has 0 rings (SSSR count). The molecule has 0 fully saturated rings. The van der Waals surface area contributed by atoms with E-state index in [2.05, 4.69) is 13.2 Å². The zero-order valence-electron chi connectivity index (χ0n) is 12.3. The minimum Gasteiger partial charge on any atom is -0.461 e. The average Bonchev–Trinajstić information content (AvgIpc) is 2.41. The largest absolute Gasteiger partial charge is 0.461 e. The normalized spacial score (nSPS) is 11.6. The molecule has 0 spiro atoms. The van der Waals surface area contributed by atoms with Crippen molar-refractivity contribution in [1.82, 2.24) is 0 Å². The number of esters is 2. The first-order valence-electron chi connectivity index (χ1n) is 6.44. The molecule has 0 aliphatic carbocycles. The van der Waals surface area contributed by atoms with Gasteiger partial charge in [-0.1, -0.05) is 33.1 Å². The van der Waals surface area contributed by atoms with Crippen LogP contribution in [-0.4, -0.2) is 24.1 Å². The highest BCUT2D eigenvalue weighted by Crippen LogP contribution is 2.28. The fourth-order valence-electron chi connectivity index (χ4n) is 1.44. The molecule has 0 aliphatic rings. The summed E-state index contributed by atoms with van der Waals surface area (Å²) < 4.78 is 10.4. The molecule has 0 aromatic carbocycles. The van der Waals surface area contributed by atoms with E-state index in [1.165, 1.54) is 19.9 Å². The van der Waals surface area contributed by atoms with Gasteiger partial charge in [-0.05, 0) is 32.8 Å². The molecule has 0 aliphatic heterocycles. The van der Waals surface area contributed by atoms with Gasteiger partial charge in [0.1, 0.15) is 12.2 Å². The summed E-state index contributed by atoms with van der Waals surface area (Å²) in [4.78, 5) is 24.0. The molecular formula is C15H24O4. The highest BCUT2D eigenvalue weighted by Gasteiger charge is 2.42. The first-order valence-corrected chi connectivity index (χ1v) is 6.44. The number of ether oxygens (including phenoxy) is 2. The topological polar surface area (TPSA) is 52.6 Å². The minimum atomic E-state index is -1.35. The lowest BCUT2D eigenvalue weighted by molar-refractivity contribution is -0.177. The van der Waals surface area contributed by atoms with E-state index >= 15 is 0 Å². The van der Waals surface area contributed by atoms with E-state index < -0.39 is 23.0 Å². The van der Waals surface area contributed by atoms with Crippen molar-refractivity contribution in [2.75, 3.05) is 6.61 Å². The van der Waals surface area contributed by atoms with Crippen LogP contribution in [0.2, 0.25) is 0 Å². The van der Waals surface area contributed by atoms with E-state index in [4.69, 9.17) is 9.47 Å². The monoisotopic (exact) mass is 268 g/mol. The number of carbonyl (C=O) groups excluding carboxylic acids is 2. The number of rotatable bonds is 8. The summed E-state index contributed by atoms with van der Waals surface area (Å²) in [6.07, 6.45) is 4.27. The Morgan fingerprint density at radius 1 is 1.11 bits per heavy atom. The van der Waals surface area contributed by atoms with Crippen molar-refractivity contribution in [1.29, 1.82) is 0 Å². The predicted molar refractivity (Wildman–Crippen MR) is 74.5 cm³/mol. The zero-order valence-corrected chi connectivity index (χ0v) is 12.3. The summed E-state index contributed by atoms with van der Waals surface area (Å²) in [7, 11) is 0. The molecular weight excluding hydrogens is 244 g/mol. The Balaban J connectivity index is 4.93. The molecule has 0 bridgehead atoms. The molecule has 4 nitrogen and oxygen atoms in total. The van der Waals surface area contributed by atoms with Gasteiger partial charge in [0, 0.05) is 0 Å². The highest BCUT2D eigenvalue weighted by molar-refractivity contribution is 5.99. The van der Waals surface area contributed by atoms with Crippen LogP contribution in [0, 0.1) is 5.41 Å². The van der Waals surface area contributed by atoms with Gasteiger partial charge < -0.3 is 9.47 Å². The number of hydrogen-bond acceptors (Lipinski definition) is 4. The number of hydrogen-bond donors (Lipinski definition) is 0. The van der Waals surface area contributed by atoms with Gasteiger partial charge in [0.25, 0.3) is 0 Å². The molecule has 0 radical (unpaired) electrons. The Hall–Kier alpha value is -1.58. The lowest BCUT2D eigenvalue weighted by Gasteiger charge is -2.31. The van der Waals surface area contributed by atoms with Crippen LogP contribution < -0.4 is 0 Å². The van der Waals surface area contributed by atoms with Crippen LogP contribution in [0.15, 0.2) is 25.3 Å². The lowest BCUT2D eigenvalue weighted by Crippen LogP contribution is -2.42. The summed E-state index contributed by atoms with van der Waals surface area (Å²) >= 11 is 0. The summed E-state index contributed by atoms with van der Waals surface area (Å²) in [5, 5.41) is 0. The van der Waals surface area contributed by atoms with Crippen molar-refractivity contribution in [3.63, 3.8) is 0 Å². The highest BCUT2D eigenvalue weighted by atomic mass is 16.6. The predicted octanol–water partition coefficient (Wildman–Crippen LogP) is 3.03. The summed E-state index contributed by atoms with van der Waals surface area (Å²) in [5.74, 6) is -1.23. The molecule has 0 heterocycles. The maximum Gasteiger partial charge on any atom is 0.323 e. The van der Waals surface area contributed by atoms with E-state index in [0.29, 0.717) is 12.8 Å². The standard InChI is InChI=1S/C15H24O4/c1-7-11-18-12(16)14(5,6)13(17)19-15(8-2,9-3)10-4/h7-8H,1-2,9-11H2,3-6H3. The van der Waals surface area contributed by atoms with Crippen molar-refractivity contribution in [2.45, 2.75) is 46.1 Å². The van der Waals surface area contributed by atoms with E-state index in [1.54, 1.807) is 6.08 Å². The van der Waals surface area contributed by atoms with E-state index in [9.17, 15) is 9.59 Å². The van der Waals surface area contributed by atoms with Crippen LogP contribution >= 0.6 is 0 Å². The Morgan fingerprint density at radius 3 is 2.00 bits per heavy atom. The molecule has 0 unspecified atom stereocenters. The zero-order chi connectivity index (χ0) is 15.1. The van der Waals surface area contributed by atoms with Crippen molar-refractivity contribution in [3.05, 3.63) is 25.3 Å². The Bertz CT molecular complexity index is 351. The summed E-state index contributed by atoms with van der Waals surface area (Å²) in [5.41, 5.74) is -2.07. The van der Waals surface area contributed by atoms with E-state index in [1.807, 2.05) is 13.8 Å². The van der Waals surface area contributed by atoms with Gasteiger partial charge in [0.15, 0.2) is 5.41 Å². The summed E-state index contributed by atoms with van der Waals surface area (Å²) in [6, 6.07) is 0. The molecule has 108 valence electrons. The van der Waals surface area contributed by atoms with Crippen LogP contribution in [0.25, 0.3) is 0 Å². The smallest absolute Gasteiger partial charge is 0.323 e. The third-order valence-electron chi connectivity index (χ3n) is 3.22. The lowest BCUT2D eigenvalue weighted by atomic mass is 9.92. The van der Waals surface area contributed by atoms with Crippen molar-refractivity contribution < 1.29 is 19.1 Å². The molecule has 4 heteroatoms. The second kappa shape index (κ2) is 7.12. The fourth-order valence-corrected chi connectivity index (χ4v) is 1.44. The summed E-state index contributed by atoms with van der Waals surface area (Å²) in [6.45, 7) is 14.0. The maximum atomic E-state index is 12.2. The number of carbonyl (C=O) groups is 2. The van der Waals surface area contributed by atoms with Crippen LogP contribution in [0.3, 0.4) is 0 Å². The van der Waals surface area contributed by atoms with E-state index in [0.717, 1.165) is 0 Å². The van der Waals surface area contributed by atoms with Crippen LogP contribution in [0.4, 0.5) is 0 Å². The minimum absolute atomic E-state index is 0.0731. The molecule has 0 atom stereocenters. The van der Waals surface area contributed by atoms with E-state index in [-0.39, 0.29) is 6.61 Å². The molecule has 0 saturated heterocycles. The second-order valence-corrected chi connectivity index (χ2v) is 4.88. The van der Waals surface area contributed by atoms with Crippen molar-refractivity contribution in [3.8, 4) is 0 Å². The molecule has 0 saturated carbocycles. The molecule has 0 aromatic rings. The van der Waals surface area contributed by atoms with Crippen molar-refractivity contribution >= 4 is 11.9 Å². The molecule has 0 N–H and O–H groups in total. The third-order valence-corrected chi connectivity index (χ3v) is 3.22. The van der Waals surface area contributed by atoms with Crippen LogP contribution in [0.5, 0.6) is 0 Å². The van der Waals surface area contributed by atoms with Crippen molar-refractivity contribution in [2.24, 2.45) is 5.41 Å². The first kappa shape index (κ1) is 17.4. The first-order chi connectivity index (χ1) is 8.79. The van der Waals surface area contributed by atoms with Gasteiger partial charge >= 0.3 is 11.9 Å². The van der Waals surface area contributed by atoms with Gasteiger partial charge in [-0.3, -0.25) is 9.59 Å². The second-order valence-electron chi connectivity index (χ2n) is 4.88. The van der Waals surface area contributed by atoms with Crippen LogP contribution in [0.1, 0.15) is 40.5 Å². The SMILES string of the molecule is C=CCOC(=O)C(C)(C)C(=O)OC(C=C)(CC)CC. The van der Waals surface area contributed by atoms with Gasteiger partial charge in [-0.2, -0.15) is 0 Å². The fraction of sp³-hybridized carbons (Fsp3) is 0.600. The third kappa shape index (κ3) is 4.23. The molecule has 19 heavy (non-hydrogen) atoms. The quantitative estimate of drug-likeness (QED) is 0.386. The van der Waals surface area contributed by atoms with Gasteiger partial charge in [-0.15, -0.1) is 0 Å². The van der Waals surface area contributed by atoms with Gasteiger partial charge in [0.05, 0.1) is 0 Å². The average molecular weight is 268 g/mol. The Kier molecular flexibility index (Phi) is 6.53. The Labute approximate surface area is 115 Å². The molecule has 0 amide bonds.